The van der Waals surface area contributed by atoms with Crippen LogP contribution in [0.2, 0.25) is 0 Å². The lowest BCUT2D eigenvalue weighted by atomic mass is 9.99. The molecule has 0 saturated heterocycles. The second-order valence-corrected chi connectivity index (χ2v) is 30.7. The molecule has 0 rings (SSSR count). The summed E-state index contributed by atoms with van der Waals surface area (Å²) in [4.78, 5) is 72.7. The Morgan fingerprint density at radius 1 is 0.309 bits per heavy atom. The average molecular weight is 1380 g/mol. The number of ether oxygens (including phenoxy) is 4. The topological polar surface area (TPSA) is 237 Å². The van der Waals surface area contributed by atoms with E-state index in [0.717, 1.165) is 108 Å². The van der Waals surface area contributed by atoms with Gasteiger partial charge in [0.05, 0.1) is 26.4 Å². The first kappa shape index (κ1) is 92.1. The molecule has 0 heterocycles. The zero-order valence-electron chi connectivity index (χ0n) is 61.3. The Hall–Kier alpha value is -1.94. The van der Waals surface area contributed by atoms with Gasteiger partial charge in [-0.05, 0) is 37.5 Å². The van der Waals surface area contributed by atoms with Gasteiger partial charge in [0, 0.05) is 25.7 Å². The van der Waals surface area contributed by atoms with Gasteiger partial charge in [-0.15, -0.1) is 0 Å². The number of esters is 4. The molecule has 0 aromatic heterocycles. The molecule has 0 aromatic rings. The smallest absolute Gasteiger partial charge is 0.462 e. The molecule has 3 N–H and O–H groups in total. The number of unbranched alkanes of at least 4 members (excludes halogenated alkanes) is 43. The van der Waals surface area contributed by atoms with E-state index in [-0.39, 0.29) is 25.7 Å². The number of aliphatic hydroxyl groups excluding tert-OH is 1. The normalized spacial score (nSPS) is 14.3. The van der Waals surface area contributed by atoms with Gasteiger partial charge in [-0.25, -0.2) is 9.13 Å². The predicted molar refractivity (Wildman–Crippen MR) is 381 cm³/mol. The number of carbonyl (C=O) groups excluding carboxylic acids is 4. The zero-order valence-corrected chi connectivity index (χ0v) is 63.1. The van der Waals surface area contributed by atoms with Crippen molar-refractivity contribution in [1.29, 1.82) is 0 Å². The summed E-state index contributed by atoms with van der Waals surface area (Å²) in [5.74, 6) is -0.490. The molecule has 0 saturated carbocycles. The van der Waals surface area contributed by atoms with E-state index < -0.39 is 97.5 Å². The number of phosphoric ester groups is 2. The van der Waals surface area contributed by atoms with Crippen LogP contribution in [0.25, 0.3) is 0 Å². The van der Waals surface area contributed by atoms with E-state index >= 15 is 0 Å². The Bertz CT molecular complexity index is 1820. The molecular formula is C75H146O17P2. The minimum atomic E-state index is -4.96. The minimum absolute atomic E-state index is 0.107. The van der Waals surface area contributed by atoms with Crippen LogP contribution in [0.15, 0.2) is 0 Å². The van der Waals surface area contributed by atoms with Crippen molar-refractivity contribution in [3.05, 3.63) is 0 Å². The van der Waals surface area contributed by atoms with Gasteiger partial charge in [-0.3, -0.25) is 37.3 Å². The summed E-state index contributed by atoms with van der Waals surface area (Å²) in [5, 5.41) is 10.6. The van der Waals surface area contributed by atoms with Gasteiger partial charge in [0.15, 0.2) is 12.2 Å². The highest BCUT2D eigenvalue weighted by Gasteiger charge is 2.30. The monoisotopic (exact) mass is 1380 g/mol. The quantitative estimate of drug-likeness (QED) is 0.0222. The number of carbonyl (C=O) groups is 4. The van der Waals surface area contributed by atoms with E-state index in [0.29, 0.717) is 25.7 Å². The van der Waals surface area contributed by atoms with Crippen molar-refractivity contribution >= 4 is 39.5 Å². The van der Waals surface area contributed by atoms with E-state index in [1.165, 1.54) is 199 Å². The van der Waals surface area contributed by atoms with Crippen molar-refractivity contribution in [2.45, 2.75) is 407 Å². The lowest BCUT2D eigenvalue weighted by Gasteiger charge is -2.21. The zero-order chi connectivity index (χ0) is 69.3. The second kappa shape index (κ2) is 66.9. The summed E-state index contributed by atoms with van der Waals surface area (Å²) in [6, 6.07) is 0. The van der Waals surface area contributed by atoms with Crippen molar-refractivity contribution in [2.24, 2.45) is 11.8 Å². The summed E-state index contributed by atoms with van der Waals surface area (Å²) in [6.45, 7) is 9.63. The third kappa shape index (κ3) is 67.3. The van der Waals surface area contributed by atoms with Crippen LogP contribution in [-0.4, -0.2) is 96.7 Å². The number of hydrogen-bond donors (Lipinski definition) is 3. The molecule has 0 amide bonds. The van der Waals surface area contributed by atoms with Crippen LogP contribution < -0.4 is 0 Å². The third-order valence-electron chi connectivity index (χ3n) is 17.8. The highest BCUT2D eigenvalue weighted by Crippen LogP contribution is 2.45. The first-order valence-corrected chi connectivity index (χ1v) is 42.0. The van der Waals surface area contributed by atoms with Crippen molar-refractivity contribution in [3.63, 3.8) is 0 Å². The van der Waals surface area contributed by atoms with Crippen molar-refractivity contribution in [3.8, 4) is 0 Å². The standard InChI is InChI=1S/C75H146O17P2/c1-7-10-12-14-16-18-19-22-30-35-41-47-53-59-74(79)91-70(63-85-72(77)57-51-45-39-17-15-13-11-8-2)65-89-93(81,82)87-61-69(76)62-88-94(83,84)90-66-71(64-86-73(78)58-52-46-40-34-29-26-25-27-32-37-43-49-55-67(4)5)92-75(80)60-54-48-42-36-31-24-21-20-23-28-33-38-44-50-56-68(6)9-3/h67-71,76H,7-66H2,1-6H3,(H,81,82)(H,83,84)/t68?,69-,70+,71+/m0/s1. The number of aliphatic hydroxyl groups is 1. The fraction of sp³-hybridized carbons (Fsp3) is 0.947. The summed E-state index contributed by atoms with van der Waals surface area (Å²) in [5.41, 5.74) is 0. The molecule has 3 unspecified atom stereocenters. The molecule has 94 heavy (non-hydrogen) atoms. The number of hydrogen-bond acceptors (Lipinski definition) is 15. The van der Waals surface area contributed by atoms with Gasteiger partial charge in [-0.2, -0.15) is 0 Å². The van der Waals surface area contributed by atoms with Crippen LogP contribution in [0.4, 0.5) is 0 Å². The molecule has 17 nitrogen and oxygen atoms in total. The lowest BCUT2D eigenvalue weighted by Crippen LogP contribution is -2.30. The molecule has 0 aliphatic heterocycles. The van der Waals surface area contributed by atoms with Gasteiger partial charge in [0.25, 0.3) is 0 Å². The maximum absolute atomic E-state index is 13.1. The summed E-state index contributed by atoms with van der Waals surface area (Å²) in [7, 11) is -9.91. The van der Waals surface area contributed by atoms with Gasteiger partial charge in [0.2, 0.25) is 0 Å². The number of rotatable bonds is 74. The van der Waals surface area contributed by atoms with Crippen molar-refractivity contribution < 1.29 is 80.2 Å². The molecule has 6 atom stereocenters. The van der Waals surface area contributed by atoms with Crippen LogP contribution in [-0.2, 0) is 65.4 Å². The van der Waals surface area contributed by atoms with Gasteiger partial charge < -0.3 is 33.8 Å². The van der Waals surface area contributed by atoms with Gasteiger partial charge in [0.1, 0.15) is 19.3 Å². The Balaban J connectivity index is 5.22. The Labute approximate surface area is 575 Å². The second-order valence-electron chi connectivity index (χ2n) is 27.8. The third-order valence-corrected chi connectivity index (χ3v) is 19.7. The summed E-state index contributed by atoms with van der Waals surface area (Å²) < 4.78 is 68.4. The molecule has 0 aliphatic carbocycles. The molecule has 0 aliphatic rings. The summed E-state index contributed by atoms with van der Waals surface area (Å²) in [6.07, 6.45) is 54.0. The maximum atomic E-state index is 13.1. The van der Waals surface area contributed by atoms with Crippen LogP contribution in [0.1, 0.15) is 388 Å². The van der Waals surface area contributed by atoms with Crippen LogP contribution >= 0.6 is 15.6 Å². The molecule has 0 bridgehead atoms. The Morgan fingerprint density at radius 3 is 0.809 bits per heavy atom. The largest absolute Gasteiger partial charge is 0.472 e. The molecule has 0 radical (unpaired) electrons. The van der Waals surface area contributed by atoms with E-state index in [9.17, 15) is 43.2 Å². The Morgan fingerprint density at radius 2 is 0.543 bits per heavy atom. The van der Waals surface area contributed by atoms with Crippen LogP contribution in [0, 0.1) is 11.8 Å². The van der Waals surface area contributed by atoms with Crippen molar-refractivity contribution in [2.75, 3.05) is 39.6 Å². The van der Waals surface area contributed by atoms with Gasteiger partial charge in [-0.1, -0.05) is 337 Å². The van der Waals surface area contributed by atoms with E-state index in [4.69, 9.17) is 37.0 Å². The highest BCUT2D eigenvalue weighted by molar-refractivity contribution is 7.47. The fourth-order valence-corrected chi connectivity index (χ4v) is 13.0. The first-order chi connectivity index (χ1) is 45.4. The average Bonchev–Trinajstić information content (AvgIpc) is 1.44. The predicted octanol–water partition coefficient (Wildman–Crippen LogP) is 21.9. The SMILES string of the molecule is CCCCCCCCCCCCCCCC(=O)O[C@H](COC(=O)CCCCCCCCCC)COP(=O)(O)OC[C@H](O)COP(=O)(O)OC[C@@H](COC(=O)CCCCCCCCCCCCCCC(C)C)OC(=O)CCCCCCCCCCCCCCCCC(C)CC. The Kier molecular flexibility index (Phi) is 65.5. The van der Waals surface area contributed by atoms with E-state index in [2.05, 4.69) is 41.5 Å². The molecule has 0 aromatic carbocycles. The molecular weight excluding hydrogens is 1230 g/mol. The molecule has 558 valence electrons. The van der Waals surface area contributed by atoms with Crippen molar-refractivity contribution in [1.82, 2.24) is 0 Å². The van der Waals surface area contributed by atoms with E-state index in [1.54, 1.807) is 0 Å². The first-order valence-electron chi connectivity index (χ1n) is 39.0. The summed E-state index contributed by atoms with van der Waals surface area (Å²) >= 11 is 0. The maximum Gasteiger partial charge on any atom is 0.472 e. The fourth-order valence-electron chi connectivity index (χ4n) is 11.4. The molecule has 0 spiro atoms. The van der Waals surface area contributed by atoms with Gasteiger partial charge >= 0.3 is 39.5 Å². The van der Waals surface area contributed by atoms with Crippen LogP contribution in [0.5, 0.6) is 0 Å². The minimum Gasteiger partial charge on any atom is -0.462 e. The van der Waals surface area contributed by atoms with E-state index in [1.807, 2.05) is 0 Å². The highest BCUT2D eigenvalue weighted by atomic mass is 31.2. The molecule has 0 fully saturated rings. The lowest BCUT2D eigenvalue weighted by molar-refractivity contribution is -0.161. The molecule has 19 heteroatoms. The number of phosphoric acid groups is 2. The van der Waals surface area contributed by atoms with Crippen LogP contribution in [0.3, 0.4) is 0 Å².